The van der Waals surface area contributed by atoms with Crippen molar-refractivity contribution < 1.29 is 13.2 Å². The molecule has 1 saturated heterocycles. The molecule has 0 aromatic carbocycles. The monoisotopic (exact) mass is 315 g/mol. The topological polar surface area (TPSA) is 88.2 Å². The van der Waals surface area contributed by atoms with Crippen LogP contribution in [0.15, 0.2) is 0 Å². The molecule has 1 aromatic rings. The van der Waals surface area contributed by atoms with Crippen molar-refractivity contribution in [2.75, 3.05) is 23.4 Å². The van der Waals surface area contributed by atoms with E-state index >= 15 is 0 Å². The van der Waals surface area contributed by atoms with Crippen LogP contribution in [0.3, 0.4) is 0 Å². The van der Waals surface area contributed by atoms with Crippen LogP contribution in [0.25, 0.3) is 0 Å². The number of amides is 1. The molecular weight excluding hydrogens is 298 g/mol. The normalized spacial score (nSPS) is 24.3. The van der Waals surface area contributed by atoms with Gasteiger partial charge >= 0.3 is 0 Å². The Hall–Kier alpha value is -0.990. The highest BCUT2D eigenvalue weighted by atomic mass is 32.2. The molecule has 0 spiro atoms. The lowest BCUT2D eigenvalue weighted by atomic mass is 10.1. The van der Waals surface area contributed by atoms with Crippen LogP contribution in [0.1, 0.15) is 23.4 Å². The van der Waals surface area contributed by atoms with Crippen molar-refractivity contribution in [1.82, 2.24) is 10.3 Å². The Labute approximate surface area is 121 Å². The van der Waals surface area contributed by atoms with Crippen LogP contribution in [-0.2, 0) is 27.6 Å². The third-order valence-corrected chi connectivity index (χ3v) is 6.50. The molecule has 0 radical (unpaired) electrons. The molecule has 0 aliphatic carbocycles. The number of nitrogens with zero attached hydrogens (tertiary/aromatic N) is 1. The smallest absolute Gasteiger partial charge is 0.226 e. The Bertz CT molecular complexity index is 600. The Balaban J connectivity index is 1.58. The molecule has 2 aliphatic heterocycles. The lowest BCUT2D eigenvalue weighted by Crippen LogP contribution is -2.22. The van der Waals surface area contributed by atoms with E-state index in [4.69, 9.17) is 0 Å². The van der Waals surface area contributed by atoms with Gasteiger partial charge < -0.3 is 10.6 Å². The van der Waals surface area contributed by atoms with Gasteiger partial charge in [-0.2, -0.15) is 0 Å². The SMILES string of the molecule is O=C(CC1CCS(=O)(=O)C1)Nc1nc2c(s1)CNCC2. The molecule has 1 fully saturated rings. The molecule has 2 N–H and O–H groups in total. The summed E-state index contributed by atoms with van der Waals surface area (Å²) < 4.78 is 22.7. The van der Waals surface area contributed by atoms with Gasteiger partial charge in [-0.25, -0.2) is 13.4 Å². The van der Waals surface area contributed by atoms with Crippen molar-refractivity contribution in [3.63, 3.8) is 0 Å². The summed E-state index contributed by atoms with van der Waals surface area (Å²) in [4.78, 5) is 17.5. The van der Waals surface area contributed by atoms with Crippen LogP contribution >= 0.6 is 11.3 Å². The number of hydrogen-bond donors (Lipinski definition) is 2. The summed E-state index contributed by atoms with van der Waals surface area (Å²) in [7, 11) is -2.92. The highest BCUT2D eigenvalue weighted by Crippen LogP contribution is 2.26. The fourth-order valence-corrected chi connectivity index (χ4v) is 5.50. The van der Waals surface area contributed by atoms with Crippen LogP contribution < -0.4 is 10.6 Å². The van der Waals surface area contributed by atoms with Crippen molar-refractivity contribution in [2.24, 2.45) is 5.92 Å². The van der Waals surface area contributed by atoms with E-state index in [1.54, 1.807) is 0 Å². The molecule has 0 bridgehead atoms. The van der Waals surface area contributed by atoms with Crippen LogP contribution in [0.5, 0.6) is 0 Å². The Kier molecular flexibility index (Phi) is 3.78. The van der Waals surface area contributed by atoms with Crippen molar-refractivity contribution >= 4 is 32.2 Å². The predicted octanol–water partition coefficient (Wildman–Crippen LogP) is 0.552. The van der Waals surface area contributed by atoms with Gasteiger partial charge in [0.25, 0.3) is 0 Å². The average Bonchev–Trinajstić information content (AvgIpc) is 2.91. The summed E-state index contributed by atoms with van der Waals surface area (Å²) in [5, 5.41) is 6.69. The fraction of sp³-hybridized carbons (Fsp3) is 0.667. The molecule has 8 heteroatoms. The molecule has 6 nitrogen and oxygen atoms in total. The minimum Gasteiger partial charge on any atom is -0.311 e. The number of nitrogens with one attached hydrogen (secondary N) is 2. The van der Waals surface area contributed by atoms with Gasteiger partial charge in [-0.1, -0.05) is 0 Å². The average molecular weight is 315 g/mol. The molecule has 0 saturated carbocycles. The molecule has 2 aliphatic rings. The van der Waals surface area contributed by atoms with Crippen LogP contribution in [0.2, 0.25) is 0 Å². The summed E-state index contributed by atoms with van der Waals surface area (Å²) in [6, 6.07) is 0. The van der Waals surface area contributed by atoms with E-state index in [0.717, 1.165) is 25.2 Å². The van der Waals surface area contributed by atoms with Crippen LogP contribution in [0, 0.1) is 5.92 Å². The minimum absolute atomic E-state index is 0.0451. The molecule has 3 heterocycles. The first-order chi connectivity index (χ1) is 9.52. The van der Waals surface area contributed by atoms with Gasteiger partial charge in [0.05, 0.1) is 17.2 Å². The van der Waals surface area contributed by atoms with Crippen molar-refractivity contribution in [2.45, 2.75) is 25.8 Å². The van der Waals surface area contributed by atoms with Crippen molar-refractivity contribution in [1.29, 1.82) is 0 Å². The molecule has 1 amide bonds. The van der Waals surface area contributed by atoms with E-state index in [1.165, 1.54) is 16.2 Å². The third kappa shape index (κ3) is 3.18. The van der Waals surface area contributed by atoms with Gasteiger partial charge in [-0.05, 0) is 12.3 Å². The maximum absolute atomic E-state index is 11.9. The molecule has 1 atom stereocenters. The van der Waals surface area contributed by atoms with E-state index < -0.39 is 9.84 Å². The number of carbonyl (C=O) groups is 1. The van der Waals surface area contributed by atoms with E-state index in [1.807, 2.05) is 0 Å². The minimum atomic E-state index is -2.92. The summed E-state index contributed by atoms with van der Waals surface area (Å²) in [6.45, 7) is 1.73. The first kappa shape index (κ1) is 14.0. The standard InChI is InChI=1S/C12H17N3O3S2/c16-11(5-8-2-4-20(17,18)7-8)15-12-14-9-1-3-13-6-10(9)19-12/h8,13H,1-7H2,(H,14,15,16). The summed E-state index contributed by atoms with van der Waals surface area (Å²) in [6.07, 6.45) is 1.75. The van der Waals surface area contributed by atoms with Gasteiger partial charge in [0, 0.05) is 30.8 Å². The van der Waals surface area contributed by atoms with Gasteiger partial charge in [0.1, 0.15) is 0 Å². The van der Waals surface area contributed by atoms with E-state index in [2.05, 4.69) is 15.6 Å². The van der Waals surface area contributed by atoms with E-state index in [0.29, 0.717) is 11.6 Å². The third-order valence-electron chi connectivity index (χ3n) is 3.65. The molecular formula is C12H17N3O3S2. The van der Waals surface area contributed by atoms with Gasteiger partial charge in [0.15, 0.2) is 15.0 Å². The first-order valence-corrected chi connectivity index (χ1v) is 9.35. The number of fused-ring (bicyclic) bond motifs is 1. The number of sulfone groups is 1. The van der Waals surface area contributed by atoms with E-state index in [9.17, 15) is 13.2 Å². The molecule has 1 unspecified atom stereocenters. The second-order valence-electron chi connectivity index (χ2n) is 5.34. The van der Waals surface area contributed by atoms with Gasteiger partial charge in [0.2, 0.25) is 5.91 Å². The maximum atomic E-state index is 11.9. The molecule has 20 heavy (non-hydrogen) atoms. The zero-order chi connectivity index (χ0) is 14.2. The Morgan fingerprint density at radius 2 is 2.35 bits per heavy atom. The molecule has 3 rings (SSSR count). The fourth-order valence-electron chi connectivity index (χ4n) is 2.64. The first-order valence-electron chi connectivity index (χ1n) is 6.71. The van der Waals surface area contributed by atoms with Gasteiger partial charge in [-0.3, -0.25) is 4.79 Å². The predicted molar refractivity (Wildman–Crippen MR) is 77.5 cm³/mol. The summed E-state index contributed by atoms with van der Waals surface area (Å²) in [5.74, 6) is 0.170. The Morgan fingerprint density at radius 1 is 1.50 bits per heavy atom. The zero-order valence-corrected chi connectivity index (χ0v) is 12.6. The number of hydrogen-bond acceptors (Lipinski definition) is 6. The maximum Gasteiger partial charge on any atom is 0.226 e. The molecule has 110 valence electrons. The highest BCUT2D eigenvalue weighted by molar-refractivity contribution is 7.91. The lowest BCUT2D eigenvalue weighted by molar-refractivity contribution is -0.116. The van der Waals surface area contributed by atoms with E-state index in [-0.39, 0.29) is 29.8 Å². The van der Waals surface area contributed by atoms with Crippen molar-refractivity contribution in [3.05, 3.63) is 10.6 Å². The number of thiazole rings is 1. The van der Waals surface area contributed by atoms with Gasteiger partial charge in [-0.15, -0.1) is 11.3 Å². The molecule has 1 aromatic heterocycles. The quantitative estimate of drug-likeness (QED) is 0.850. The van der Waals surface area contributed by atoms with Crippen LogP contribution in [0.4, 0.5) is 5.13 Å². The van der Waals surface area contributed by atoms with Crippen LogP contribution in [-0.4, -0.2) is 37.4 Å². The number of anilines is 1. The summed E-state index contributed by atoms with van der Waals surface area (Å²) in [5.41, 5.74) is 1.06. The number of carbonyl (C=O) groups excluding carboxylic acids is 1. The zero-order valence-electron chi connectivity index (χ0n) is 11.0. The van der Waals surface area contributed by atoms with Crippen molar-refractivity contribution in [3.8, 4) is 0 Å². The number of aromatic nitrogens is 1. The largest absolute Gasteiger partial charge is 0.311 e. The Morgan fingerprint density at radius 3 is 3.05 bits per heavy atom. The number of rotatable bonds is 3. The lowest BCUT2D eigenvalue weighted by Gasteiger charge is -2.09. The second kappa shape index (κ2) is 5.42. The second-order valence-corrected chi connectivity index (χ2v) is 8.65. The summed E-state index contributed by atoms with van der Waals surface area (Å²) >= 11 is 1.50. The highest BCUT2D eigenvalue weighted by Gasteiger charge is 2.29.